The van der Waals surface area contributed by atoms with Crippen LogP contribution in [0.3, 0.4) is 0 Å². The molecule has 11 nitrogen and oxygen atoms in total. The summed E-state index contributed by atoms with van der Waals surface area (Å²) in [6, 6.07) is 11.5. The van der Waals surface area contributed by atoms with E-state index in [0.29, 0.717) is 6.54 Å². The summed E-state index contributed by atoms with van der Waals surface area (Å²) in [5.41, 5.74) is 0.220. The molecule has 2 rings (SSSR count). The number of carbonyl (C=O) groups excluding carboxylic acids is 2. The second-order valence-electron chi connectivity index (χ2n) is 7.46. The normalized spacial score (nSPS) is 11.9. The van der Waals surface area contributed by atoms with Crippen LogP contribution in [0.2, 0.25) is 0 Å². The molecule has 0 bridgehead atoms. The van der Waals surface area contributed by atoms with E-state index < -0.39 is 39.3 Å². The highest BCUT2D eigenvalue weighted by Gasteiger charge is 2.31. The smallest absolute Gasteiger partial charge is 0.271 e. The van der Waals surface area contributed by atoms with Crippen LogP contribution in [0.25, 0.3) is 0 Å². The second-order valence-corrected chi connectivity index (χ2v) is 9.37. The van der Waals surface area contributed by atoms with Gasteiger partial charge >= 0.3 is 0 Å². The van der Waals surface area contributed by atoms with Crippen LogP contribution in [-0.2, 0) is 26.2 Å². The summed E-state index contributed by atoms with van der Waals surface area (Å²) in [7, 11) is -2.78. The zero-order valence-electron chi connectivity index (χ0n) is 19.4. The van der Waals surface area contributed by atoms with E-state index in [9.17, 15) is 28.1 Å². The van der Waals surface area contributed by atoms with Crippen LogP contribution in [0.4, 0.5) is 11.4 Å². The number of benzene rings is 2. The average Bonchev–Trinajstić information content (AvgIpc) is 2.80. The molecule has 0 aromatic heterocycles. The van der Waals surface area contributed by atoms with Gasteiger partial charge in [-0.25, -0.2) is 8.42 Å². The van der Waals surface area contributed by atoms with E-state index in [0.717, 1.165) is 22.2 Å². The number of nitrogens with zero attached hydrogens (tertiary/aromatic N) is 3. The monoisotopic (exact) mass is 492 g/mol. The lowest BCUT2D eigenvalue weighted by atomic mass is 10.1. The summed E-state index contributed by atoms with van der Waals surface area (Å²) >= 11 is 0. The van der Waals surface area contributed by atoms with Crippen molar-refractivity contribution in [1.82, 2.24) is 10.2 Å². The van der Waals surface area contributed by atoms with Gasteiger partial charge in [0, 0.05) is 25.2 Å². The lowest BCUT2D eigenvalue weighted by Gasteiger charge is -2.31. The summed E-state index contributed by atoms with van der Waals surface area (Å²) in [4.78, 5) is 37.8. The van der Waals surface area contributed by atoms with Crippen LogP contribution in [-0.4, -0.2) is 62.6 Å². The van der Waals surface area contributed by atoms with Crippen molar-refractivity contribution >= 4 is 33.2 Å². The van der Waals surface area contributed by atoms with Crippen molar-refractivity contribution in [2.75, 3.05) is 30.8 Å². The van der Waals surface area contributed by atoms with Gasteiger partial charge in [-0.2, -0.15) is 0 Å². The van der Waals surface area contributed by atoms with Gasteiger partial charge < -0.3 is 15.0 Å². The van der Waals surface area contributed by atoms with E-state index in [1.54, 1.807) is 38.1 Å². The summed E-state index contributed by atoms with van der Waals surface area (Å²) in [5, 5.41) is 13.9. The third-order valence-electron chi connectivity index (χ3n) is 5.04. The minimum Gasteiger partial charge on any atom is -0.495 e. The van der Waals surface area contributed by atoms with E-state index in [-0.39, 0.29) is 23.7 Å². The Bertz CT molecular complexity index is 1140. The molecule has 184 valence electrons. The largest absolute Gasteiger partial charge is 0.495 e. The number of hydrogen-bond donors (Lipinski definition) is 1. The predicted octanol–water partition coefficient (Wildman–Crippen LogP) is 1.92. The summed E-state index contributed by atoms with van der Waals surface area (Å²) in [6.45, 7) is 3.02. The number of nitrogens with one attached hydrogen (secondary N) is 1. The molecular weight excluding hydrogens is 464 g/mol. The SMILES string of the molecule is CCNC(=O)[C@H](C)N(Cc1ccccc1)C(=O)CN(c1cc([N+](=O)[O-])ccc1OC)S(C)(=O)=O. The third-order valence-corrected chi connectivity index (χ3v) is 6.16. The maximum atomic E-state index is 13.4. The molecule has 2 aromatic carbocycles. The first-order valence-electron chi connectivity index (χ1n) is 10.4. The quantitative estimate of drug-likeness (QED) is 0.373. The molecule has 0 aliphatic carbocycles. The lowest BCUT2D eigenvalue weighted by Crippen LogP contribution is -2.51. The Hall–Kier alpha value is -3.67. The van der Waals surface area contributed by atoms with E-state index >= 15 is 0 Å². The van der Waals surface area contributed by atoms with E-state index in [2.05, 4.69) is 5.32 Å². The molecule has 0 aliphatic heterocycles. The number of non-ortho nitro benzene ring substituents is 1. The lowest BCUT2D eigenvalue weighted by molar-refractivity contribution is -0.384. The van der Waals surface area contributed by atoms with Gasteiger partial charge in [0.25, 0.3) is 5.69 Å². The molecule has 12 heteroatoms. The van der Waals surface area contributed by atoms with Crippen LogP contribution >= 0.6 is 0 Å². The number of amides is 2. The Labute approximate surface area is 198 Å². The first kappa shape index (κ1) is 26.6. The molecule has 34 heavy (non-hydrogen) atoms. The zero-order valence-corrected chi connectivity index (χ0v) is 20.2. The number of ether oxygens (including phenoxy) is 1. The molecule has 0 radical (unpaired) electrons. The maximum absolute atomic E-state index is 13.4. The molecular formula is C22H28N4O7S. The Morgan fingerprint density at radius 2 is 1.82 bits per heavy atom. The number of carbonyl (C=O) groups is 2. The highest BCUT2D eigenvalue weighted by Crippen LogP contribution is 2.33. The molecule has 0 aliphatic rings. The number of nitro groups is 1. The topological polar surface area (TPSA) is 139 Å². The van der Waals surface area contributed by atoms with E-state index in [4.69, 9.17) is 4.74 Å². The van der Waals surface area contributed by atoms with Gasteiger partial charge in [0.05, 0.1) is 18.3 Å². The van der Waals surface area contributed by atoms with Crippen molar-refractivity contribution in [2.45, 2.75) is 26.4 Å². The molecule has 2 amide bonds. The van der Waals surface area contributed by atoms with Crippen LogP contribution < -0.4 is 14.4 Å². The predicted molar refractivity (Wildman–Crippen MR) is 127 cm³/mol. The number of rotatable bonds is 11. The number of methoxy groups -OCH3 is 1. The first-order chi connectivity index (χ1) is 16.0. The van der Waals surface area contributed by atoms with Gasteiger partial charge in [-0.15, -0.1) is 0 Å². The number of likely N-dealkylation sites (N-methyl/N-ethyl adjacent to an activating group) is 1. The van der Waals surface area contributed by atoms with Gasteiger partial charge in [0.2, 0.25) is 21.8 Å². The molecule has 0 saturated carbocycles. The summed E-state index contributed by atoms with van der Waals surface area (Å²) in [6.07, 6.45) is 0.882. The fourth-order valence-electron chi connectivity index (χ4n) is 3.27. The van der Waals surface area contributed by atoms with Crippen LogP contribution in [0.15, 0.2) is 48.5 Å². The molecule has 0 spiro atoms. The van der Waals surface area contributed by atoms with Gasteiger partial charge in [-0.1, -0.05) is 30.3 Å². The zero-order chi connectivity index (χ0) is 25.5. The number of anilines is 1. The fraction of sp³-hybridized carbons (Fsp3) is 0.364. The molecule has 0 saturated heterocycles. The minimum absolute atomic E-state index is 0.0372. The van der Waals surface area contributed by atoms with E-state index in [1.807, 2.05) is 6.07 Å². The van der Waals surface area contributed by atoms with Gasteiger partial charge in [-0.05, 0) is 25.5 Å². The van der Waals surface area contributed by atoms with Crippen molar-refractivity contribution < 1.29 is 27.7 Å². The van der Waals surface area contributed by atoms with Crippen molar-refractivity contribution in [3.63, 3.8) is 0 Å². The minimum atomic E-state index is -4.07. The van der Waals surface area contributed by atoms with Gasteiger partial charge in [0.15, 0.2) is 0 Å². The van der Waals surface area contributed by atoms with Gasteiger partial charge in [0.1, 0.15) is 24.0 Å². The molecule has 0 heterocycles. The van der Waals surface area contributed by atoms with Crippen LogP contribution in [0.5, 0.6) is 5.75 Å². The van der Waals surface area contributed by atoms with Gasteiger partial charge in [-0.3, -0.25) is 24.0 Å². The Kier molecular flexibility index (Phi) is 8.96. The average molecular weight is 493 g/mol. The number of nitro benzene ring substituents is 1. The Balaban J connectivity index is 2.49. The van der Waals surface area contributed by atoms with Crippen LogP contribution in [0, 0.1) is 10.1 Å². The van der Waals surface area contributed by atoms with Crippen molar-refractivity contribution in [1.29, 1.82) is 0 Å². The molecule has 0 unspecified atom stereocenters. The fourth-order valence-corrected chi connectivity index (χ4v) is 4.11. The summed E-state index contributed by atoms with van der Waals surface area (Å²) < 4.78 is 31.2. The Morgan fingerprint density at radius 1 is 1.18 bits per heavy atom. The van der Waals surface area contributed by atoms with Crippen LogP contribution in [0.1, 0.15) is 19.4 Å². The molecule has 2 aromatic rings. The van der Waals surface area contributed by atoms with Crippen molar-refractivity contribution in [2.24, 2.45) is 0 Å². The van der Waals surface area contributed by atoms with Crippen molar-refractivity contribution in [3.8, 4) is 5.75 Å². The third kappa shape index (κ3) is 6.67. The highest BCUT2D eigenvalue weighted by molar-refractivity contribution is 7.92. The number of sulfonamides is 1. The first-order valence-corrected chi connectivity index (χ1v) is 12.3. The van der Waals surface area contributed by atoms with Crippen molar-refractivity contribution in [3.05, 3.63) is 64.2 Å². The molecule has 0 fully saturated rings. The standard InChI is InChI=1S/C22H28N4O7S/c1-5-23-22(28)16(2)24(14-17-9-7-6-8-10-17)21(27)15-25(34(4,31)32)19-13-18(26(29)30)11-12-20(19)33-3/h6-13,16H,5,14-15H2,1-4H3,(H,23,28)/t16-/m0/s1. The highest BCUT2D eigenvalue weighted by atomic mass is 32.2. The summed E-state index contributed by atoms with van der Waals surface area (Å²) in [5.74, 6) is -1.03. The number of hydrogen-bond acceptors (Lipinski definition) is 7. The molecule has 1 N–H and O–H groups in total. The maximum Gasteiger partial charge on any atom is 0.271 e. The molecule has 1 atom stereocenters. The van der Waals surface area contributed by atoms with E-state index in [1.165, 1.54) is 24.1 Å². The second kappa shape index (κ2) is 11.5. The Morgan fingerprint density at radius 3 is 2.35 bits per heavy atom.